The normalized spacial score (nSPS) is 21.0. The summed E-state index contributed by atoms with van der Waals surface area (Å²) in [7, 11) is 0. The van der Waals surface area contributed by atoms with Gasteiger partial charge in [0, 0.05) is 12.1 Å². The molecule has 1 amide bonds. The number of carbonyl (C=O) groups excluding carboxylic acids is 1. The largest absolute Gasteiger partial charge is 0.368 e. The van der Waals surface area contributed by atoms with E-state index in [1.54, 1.807) is 0 Å². The molecule has 1 aliphatic rings. The van der Waals surface area contributed by atoms with Crippen molar-refractivity contribution in [3.8, 4) is 0 Å². The molecular weight excluding hydrogens is 212 g/mol. The summed E-state index contributed by atoms with van der Waals surface area (Å²) in [5, 5.41) is 0. The zero-order chi connectivity index (χ0) is 12.6. The first-order valence-corrected chi connectivity index (χ1v) is 6.02. The summed E-state index contributed by atoms with van der Waals surface area (Å²) in [6, 6.07) is 8.09. The van der Waals surface area contributed by atoms with Crippen LogP contribution in [0.15, 0.2) is 24.3 Å². The Bertz CT molecular complexity index is 434. The molecule has 17 heavy (non-hydrogen) atoms. The number of amides is 1. The van der Waals surface area contributed by atoms with Gasteiger partial charge in [0.15, 0.2) is 0 Å². The third-order valence-corrected chi connectivity index (χ3v) is 3.44. The minimum Gasteiger partial charge on any atom is -0.368 e. The number of primary amides is 1. The zero-order valence-electron chi connectivity index (χ0n) is 10.7. The molecule has 1 aromatic rings. The van der Waals surface area contributed by atoms with Gasteiger partial charge in [0.25, 0.3) is 0 Å². The van der Waals surface area contributed by atoms with Crippen molar-refractivity contribution in [2.75, 3.05) is 0 Å². The summed E-state index contributed by atoms with van der Waals surface area (Å²) >= 11 is 0. The van der Waals surface area contributed by atoms with Gasteiger partial charge < -0.3 is 5.73 Å². The van der Waals surface area contributed by atoms with Crippen molar-refractivity contribution in [1.29, 1.82) is 0 Å². The molecule has 3 nitrogen and oxygen atoms in total. The Labute approximate surface area is 103 Å². The highest BCUT2D eigenvalue weighted by Gasteiger charge is 2.36. The Morgan fingerprint density at radius 3 is 2.41 bits per heavy atom. The van der Waals surface area contributed by atoms with Crippen molar-refractivity contribution in [3.63, 3.8) is 0 Å². The van der Waals surface area contributed by atoms with Crippen molar-refractivity contribution in [3.05, 3.63) is 35.4 Å². The fourth-order valence-corrected chi connectivity index (χ4v) is 2.48. The van der Waals surface area contributed by atoms with Gasteiger partial charge in [-0.1, -0.05) is 24.3 Å². The number of nitrogens with two attached hydrogens (primary N) is 1. The quantitative estimate of drug-likeness (QED) is 0.801. The smallest absolute Gasteiger partial charge is 0.235 e. The monoisotopic (exact) mass is 232 g/mol. The first-order valence-electron chi connectivity index (χ1n) is 6.02. The minimum atomic E-state index is -0.227. The highest BCUT2D eigenvalue weighted by Crippen LogP contribution is 2.29. The Hall–Kier alpha value is -1.35. The van der Waals surface area contributed by atoms with E-state index in [4.69, 9.17) is 5.73 Å². The lowest BCUT2D eigenvalue weighted by atomic mass is 9.89. The van der Waals surface area contributed by atoms with Crippen molar-refractivity contribution in [2.45, 2.75) is 45.3 Å². The Morgan fingerprint density at radius 1 is 1.29 bits per heavy atom. The molecule has 0 aliphatic carbocycles. The second kappa shape index (κ2) is 4.15. The molecular formula is C14H20N2O. The number of carbonyl (C=O) groups is 1. The summed E-state index contributed by atoms with van der Waals surface area (Å²) in [6.07, 6.45) is 0.725. The van der Waals surface area contributed by atoms with Gasteiger partial charge in [0.1, 0.15) is 0 Å². The van der Waals surface area contributed by atoms with E-state index in [0.29, 0.717) is 0 Å². The molecule has 1 aromatic carbocycles. The highest BCUT2D eigenvalue weighted by atomic mass is 16.1. The van der Waals surface area contributed by atoms with Gasteiger partial charge in [0.05, 0.1) is 6.04 Å². The van der Waals surface area contributed by atoms with Crippen LogP contribution in [-0.4, -0.2) is 22.4 Å². The Kier molecular flexibility index (Phi) is 2.96. The predicted octanol–water partition coefficient (Wildman–Crippen LogP) is 1.70. The maximum absolute atomic E-state index is 11.6. The van der Waals surface area contributed by atoms with Crippen molar-refractivity contribution < 1.29 is 4.79 Å². The summed E-state index contributed by atoms with van der Waals surface area (Å²) in [6.45, 7) is 7.16. The lowest BCUT2D eigenvalue weighted by Crippen LogP contribution is -2.55. The summed E-state index contributed by atoms with van der Waals surface area (Å²) in [5.74, 6) is -0.227. The molecule has 2 N–H and O–H groups in total. The van der Waals surface area contributed by atoms with Gasteiger partial charge in [-0.2, -0.15) is 0 Å². The zero-order valence-corrected chi connectivity index (χ0v) is 10.7. The SMILES string of the molecule is CC(C)(C)N1Cc2ccccc2C[C@H]1C(N)=O. The first-order chi connectivity index (χ1) is 7.89. The molecule has 92 valence electrons. The van der Waals surface area contributed by atoms with E-state index in [1.165, 1.54) is 11.1 Å². The van der Waals surface area contributed by atoms with Crippen LogP contribution in [0.1, 0.15) is 31.9 Å². The van der Waals surface area contributed by atoms with Gasteiger partial charge in [0.2, 0.25) is 5.91 Å². The van der Waals surface area contributed by atoms with Crippen LogP contribution in [0.4, 0.5) is 0 Å². The molecule has 0 spiro atoms. The third kappa shape index (κ3) is 2.34. The fourth-order valence-electron chi connectivity index (χ4n) is 2.48. The number of hydrogen-bond acceptors (Lipinski definition) is 2. The molecule has 0 fully saturated rings. The molecule has 1 heterocycles. The van der Waals surface area contributed by atoms with Crippen LogP contribution in [0, 0.1) is 0 Å². The molecule has 2 rings (SSSR count). The van der Waals surface area contributed by atoms with Crippen LogP contribution in [0.25, 0.3) is 0 Å². The molecule has 0 aromatic heterocycles. The topological polar surface area (TPSA) is 46.3 Å². The Balaban J connectivity index is 2.38. The van der Waals surface area contributed by atoms with E-state index in [9.17, 15) is 4.79 Å². The average molecular weight is 232 g/mol. The van der Waals surface area contributed by atoms with Crippen LogP contribution < -0.4 is 5.73 Å². The van der Waals surface area contributed by atoms with Crippen LogP contribution in [-0.2, 0) is 17.8 Å². The number of fused-ring (bicyclic) bond motifs is 1. The molecule has 0 saturated heterocycles. The van der Waals surface area contributed by atoms with Gasteiger partial charge in [-0.3, -0.25) is 9.69 Å². The van der Waals surface area contributed by atoms with Gasteiger partial charge in [-0.05, 0) is 38.3 Å². The van der Waals surface area contributed by atoms with Gasteiger partial charge >= 0.3 is 0 Å². The van der Waals surface area contributed by atoms with Crippen LogP contribution in [0.3, 0.4) is 0 Å². The van der Waals surface area contributed by atoms with E-state index in [0.717, 1.165) is 13.0 Å². The molecule has 1 atom stereocenters. The summed E-state index contributed by atoms with van der Waals surface area (Å²) in [5.41, 5.74) is 8.03. The molecule has 0 radical (unpaired) electrons. The lowest BCUT2D eigenvalue weighted by molar-refractivity contribution is -0.126. The second-order valence-corrected chi connectivity index (χ2v) is 5.69. The predicted molar refractivity (Wildman–Crippen MR) is 68.4 cm³/mol. The number of hydrogen-bond donors (Lipinski definition) is 1. The standard InChI is InChI=1S/C14H20N2O/c1-14(2,3)16-9-11-7-5-4-6-10(11)8-12(16)13(15)17/h4-7,12H,8-9H2,1-3H3,(H2,15,17)/t12-/m0/s1. The second-order valence-electron chi connectivity index (χ2n) is 5.69. The maximum Gasteiger partial charge on any atom is 0.235 e. The molecule has 3 heteroatoms. The van der Waals surface area contributed by atoms with Crippen LogP contribution in [0.2, 0.25) is 0 Å². The first kappa shape index (κ1) is 12.1. The fraction of sp³-hybridized carbons (Fsp3) is 0.500. The Morgan fingerprint density at radius 2 is 1.88 bits per heavy atom. The van der Waals surface area contributed by atoms with Gasteiger partial charge in [-0.25, -0.2) is 0 Å². The number of nitrogens with zero attached hydrogens (tertiary/aromatic N) is 1. The van der Waals surface area contributed by atoms with Crippen molar-refractivity contribution in [1.82, 2.24) is 4.90 Å². The molecule has 0 saturated carbocycles. The highest BCUT2D eigenvalue weighted by molar-refractivity contribution is 5.80. The lowest BCUT2D eigenvalue weighted by Gasteiger charge is -2.43. The molecule has 1 aliphatic heterocycles. The number of rotatable bonds is 1. The van der Waals surface area contributed by atoms with Crippen LogP contribution in [0.5, 0.6) is 0 Å². The van der Waals surface area contributed by atoms with E-state index in [-0.39, 0.29) is 17.5 Å². The third-order valence-electron chi connectivity index (χ3n) is 3.44. The minimum absolute atomic E-state index is 0.0484. The van der Waals surface area contributed by atoms with E-state index >= 15 is 0 Å². The maximum atomic E-state index is 11.6. The van der Waals surface area contributed by atoms with E-state index in [1.807, 2.05) is 12.1 Å². The van der Waals surface area contributed by atoms with Crippen molar-refractivity contribution >= 4 is 5.91 Å². The van der Waals surface area contributed by atoms with Crippen LogP contribution >= 0.6 is 0 Å². The molecule has 0 unspecified atom stereocenters. The van der Waals surface area contributed by atoms with Crippen molar-refractivity contribution in [2.24, 2.45) is 5.73 Å². The van der Waals surface area contributed by atoms with E-state index in [2.05, 4.69) is 37.8 Å². The average Bonchev–Trinajstić information content (AvgIpc) is 2.26. The number of benzene rings is 1. The summed E-state index contributed by atoms with van der Waals surface area (Å²) in [4.78, 5) is 13.8. The molecule has 0 bridgehead atoms. The summed E-state index contributed by atoms with van der Waals surface area (Å²) < 4.78 is 0. The van der Waals surface area contributed by atoms with E-state index < -0.39 is 0 Å². The van der Waals surface area contributed by atoms with Gasteiger partial charge in [-0.15, -0.1) is 0 Å².